The van der Waals surface area contributed by atoms with Crippen molar-refractivity contribution in [2.45, 2.75) is 45.1 Å². The van der Waals surface area contributed by atoms with Crippen LogP contribution in [0, 0.1) is 5.92 Å². The molecule has 0 aliphatic heterocycles. The molecule has 0 heterocycles. The highest BCUT2D eigenvalue weighted by atomic mass is 16.2. The molecule has 0 spiro atoms. The Balaban J connectivity index is 2.28. The fourth-order valence-electron chi connectivity index (χ4n) is 1.92. The highest BCUT2D eigenvalue weighted by Crippen LogP contribution is 2.27. The third-order valence-corrected chi connectivity index (χ3v) is 3.14. The van der Waals surface area contributed by atoms with Gasteiger partial charge in [-0.3, -0.25) is 4.79 Å². The zero-order chi connectivity index (χ0) is 12.0. The van der Waals surface area contributed by atoms with Gasteiger partial charge in [-0.15, -0.1) is 6.58 Å². The van der Waals surface area contributed by atoms with Crippen molar-refractivity contribution in [2.24, 2.45) is 11.7 Å². The maximum Gasteiger partial charge on any atom is 0.223 e. The largest absolute Gasteiger partial charge is 0.336 e. The predicted molar refractivity (Wildman–Crippen MR) is 67.0 cm³/mol. The molecular weight excluding hydrogens is 200 g/mol. The van der Waals surface area contributed by atoms with Crippen molar-refractivity contribution in [1.29, 1.82) is 0 Å². The van der Waals surface area contributed by atoms with Crippen molar-refractivity contribution in [3.8, 4) is 0 Å². The molecule has 0 aromatic carbocycles. The van der Waals surface area contributed by atoms with Gasteiger partial charge in [-0.25, -0.2) is 0 Å². The average molecular weight is 224 g/mol. The minimum absolute atomic E-state index is 0.284. The van der Waals surface area contributed by atoms with Crippen molar-refractivity contribution in [3.05, 3.63) is 12.7 Å². The second-order valence-corrected chi connectivity index (χ2v) is 4.79. The van der Waals surface area contributed by atoms with E-state index in [0.717, 1.165) is 25.7 Å². The minimum Gasteiger partial charge on any atom is -0.336 e. The summed E-state index contributed by atoms with van der Waals surface area (Å²) in [4.78, 5) is 13.9. The highest BCUT2D eigenvalue weighted by Gasteiger charge is 2.31. The van der Waals surface area contributed by atoms with Crippen molar-refractivity contribution in [2.75, 3.05) is 13.1 Å². The molecule has 1 atom stereocenters. The molecule has 3 nitrogen and oxygen atoms in total. The Bertz CT molecular complexity index is 236. The Hall–Kier alpha value is -0.830. The molecule has 1 saturated carbocycles. The fraction of sp³-hybridized carbons (Fsp3) is 0.769. The molecule has 3 heteroatoms. The normalized spacial score (nSPS) is 16.9. The first-order valence-corrected chi connectivity index (χ1v) is 6.29. The maximum absolute atomic E-state index is 12.0. The van der Waals surface area contributed by atoms with Gasteiger partial charge in [0, 0.05) is 19.0 Å². The third-order valence-electron chi connectivity index (χ3n) is 3.14. The number of carbonyl (C=O) groups is 1. The van der Waals surface area contributed by atoms with E-state index in [4.69, 9.17) is 5.73 Å². The quantitative estimate of drug-likeness (QED) is 0.640. The molecule has 0 radical (unpaired) electrons. The van der Waals surface area contributed by atoms with Crippen molar-refractivity contribution in [1.82, 2.24) is 4.90 Å². The second-order valence-electron chi connectivity index (χ2n) is 4.79. The lowest BCUT2D eigenvalue weighted by molar-refractivity contribution is -0.131. The summed E-state index contributed by atoms with van der Waals surface area (Å²) in [7, 11) is 0. The van der Waals surface area contributed by atoms with Crippen molar-refractivity contribution < 1.29 is 4.79 Å². The Morgan fingerprint density at radius 3 is 2.75 bits per heavy atom. The summed E-state index contributed by atoms with van der Waals surface area (Å²) in [5, 5.41) is 0. The first-order valence-electron chi connectivity index (χ1n) is 6.29. The standard InChI is InChI=1S/C13H24N2O/c1-3-10-15(12-5-6-12)13(16)7-4-11(2)8-9-14/h3,11-12H,1,4-10,14H2,2H3. The molecule has 1 aliphatic rings. The summed E-state index contributed by atoms with van der Waals surface area (Å²) in [6.45, 7) is 7.29. The van der Waals surface area contributed by atoms with Gasteiger partial charge in [0.15, 0.2) is 0 Å². The Morgan fingerprint density at radius 2 is 2.25 bits per heavy atom. The van der Waals surface area contributed by atoms with Crippen LogP contribution in [0.4, 0.5) is 0 Å². The van der Waals surface area contributed by atoms with Gasteiger partial charge < -0.3 is 10.6 Å². The van der Waals surface area contributed by atoms with Crippen LogP contribution in [-0.2, 0) is 4.79 Å². The number of amides is 1. The van der Waals surface area contributed by atoms with Crippen LogP contribution in [0.5, 0.6) is 0 Å². The average Bonchev–Trinajstić information content (AvgIpc) is 3.07. The molecule has 0 bridgehead atoms. The molecular formula is C13H24N2O. The molecule has 1 aliphatic carbocycles. The van der Waals surface area contributed by atoms with Crippen LogP contribution in [0.3, 0.4) is 0 Å². The summed E-state index contributed by atoms with van der Waals surface area (Å²) in [6.07, 6.45) is 6.77. The second kappa shape index (κ2) is 6.69. The molecule has 1 unspecified atom stereocenters. The molecule has 1 fully saturated rings. The number of carbonyl (C=O) groups excluding carboxylic acids is 1. The smallest absolute Gasteiger partial charge is 0.223 e. The van der Waals surface area contributed by atoms with E-state index in [0.29, 0.717) is 31.5 Å². The van der Waals surface area contributed by atoms with Crippen molar-refractivity contribution >= 4 is 5.91 Å². The van der Waals surface area contributed by atoms with E-state index in [2.05, 4.69) is 13.5 Å². The number of hydrogen-bond donors (Lipinski definition) is 1. The van der Waals surface area contributed by atoms with Gasteiger partial charge in [-0.2, -0.15) is 0 Å². The third kappa shape index (κ3) is 4.35. The molecule has 0 aromatic rings. The van der Waals surface area contributed by atoms with Gasteiger partial charge in [0.25, 0.3) is 0 Å². The van der Waals surface area contributed by atoms with Gasteiger partial charge in [-0.05, 0) is 38.1 Å². The summed E-state index contributed by atoms with van der Waals surface area (Å²) < 4.78 is 0. The summed E-state index contributed by atoms with van der Waals surface area (Å²) in [5.41, 5.74) is 5.49. The zero-order valence-electron chi connectivity index (χ0n) is 10.3. The molecule has 0 aromatic heterocycles. The van der Waals surface area contributed by atoms with E-state index in [-0.39, 0.29) is 5.91 Å². The van der Waals surface area contributed by atoms with Crippen LogP contribution >= 0.6 is 0 Å². The van der Waals surface area contributed by atoms with Crippen LogP contribution in [0.15, 0.2) is 12.7 Å². The van der Waals surface area contributed by atoms with E-state index in [1.165, 1.54) is 0 Å². The molecule has 1 rings (SSSR count). The van der Waals surface area contributed by atoms with Crippen molar-refractivity contribution in [3.63, 3.8) is 0 Å². The predicted octanol–water partition coefficient (Wildman–Crippen LogP) is 1.93. The Kier molecular flexibility index (Phi) is 5.53. The number of nitrogens with zero attached hydrogens (tertiary/aromatic N) is 1. The van der Waals surface area contributed by atoms with E-state index < -0.39 is 0 Å². The lowest BCUT2D eigenvalue weighted by Crippen LogP contribution is -2.33. The number of nitrogens with two attached hydrogens (primary N) is 1. The first kappa shape index (κ1) is 13.2. The van der Waals surface area contributed by atoms with E-state index >= 15 is 0 Å². The monoisotopic (exact) mass is 224 g/mol. The van der Waals surface area contributed by atoms with Gasteiger partial charge in [-0.1, -0.05) is 13.0 Å². The van der Waals surface area contributed by atoms with Crippen LogP contribution in [0.25, 0.3) is 0 Å². The molecule has 1 amide bonds. The Labute approximate surface area is 98.7 Å². The van der Waals surface area contributed by atoms with Crippen LogP contribution in [-0.4, -0.2) is 29.9 Å². The zero-order valence-corrected chi connectivity index (χ0v) is 10.3. The molecule has 92 valence electrons. The fourth-order valence-corrected chi connectivity index (χ4v) is 1.92. The highest BCUT2D eigenvalue weighted by molar-refractivity contribution is 5.77. The van der Waals surface area contributed by atoms with Gasteiger partial charge in [0.1, 0.15) is 0 Å². The Morgan fingerprint density at radius 1 is 1.56 bits per heavy atom. The number of hydrogen-bond acceptors (Lipinski definition) is 2. The number of rotatable bonds is 8. The summed E-state index contributed by atoms with van der Waals surface area (Å²) in [5.74, 6) is 0.838. The summed E-state index contributed by atoms with van der Waals surface area (Å²) in [6, 6.07) is 0.496. The minimum atomic E-state index is 0.284. The first-order chi connectivity index (χ1) is 7.69. The van der Waals surface area contributed by atoms with Crippen LogP contribution in [0.2, 0.25) is 0 Å². The van der Waals surface area contributed by atoms with Gasteiger partial charge >= 0.3 is 0 Å². The van der Waals surface area contributed by atoms with Gasteiger partial charge in [0.05, 0.1) is 0 Å². The molecule has 16 heavy (non-hydrogen) atoms. The lowest BCUT2D eigenvalue weighted by atomic mass is 10.0. The maximum atomic E-state index is 12.0. The van der Waals surface area contributed by atoms with E-state index in [1.54, 1.807) is 0 Å². The topological polar surface area (TPSA) is 46.3 Å². The van der Waals surface area contributed by atoms with E-state index in [1.807, 2.05) is 11.0 Å². The molecule has 0 saturated heterocycles. The van der Waals surface area contributed by atoms with Crippen LogP contribution < -0.4 is 5.73 Å². The lowest BCUT2D eigenvalue weighted by Gasteiger charge is -2.21. The summed E-state index contributed by atoms with van der Waals surface area (Å²) >= 11 is 0. The molecule has 2 N–H and O–H groups in total. The van der Waals surface area contributed by atoms with Crippen LogP contribution in [0.1, 0.15) is 39.0 Å². The van der Waals surface area contributed by atoms with Gasteiger partial charge in [0.2, 0.25) is 5.91 Å². The SMILES string of the molecule is C=CCN(C(=O)CCC(C)CCN)C1CC1. The van der Waals surface area contributed by atoms with E-state index in [9.17, 15) is 4.79 Å².